The van der Waals surface area contributed by atoms with Crippen molar-refractivity contribution in [2.45, 2.75) is 19.3 Å². The molecule has 7 heteroatoms. The highest BCUT2D eigenvalue weighted by atomic mass is 19.1. The van der Waals surface area contributed by atoms with Crippen molar-refractivity contribution < 1.29 is 23.5 Å². The van der Waals surface area contributed by atoms with Gasteiger partial charge in [-0.15, -0.1) is 0 Å². The zero-order valence-electron chi connectivity index (χ0n) is 15.7. The molecule has 0 saturated carbocycles. The van der Waals surface area contributed by atoms with E-state index in [9.17, 15) is 18.8 Å². The molecule has 2 aromatic carbocycles. The Hall–Kier alpha value is -3.48. The van der Waals surface area contributed by atoms with Crippen molar-refractivity contribution >= 4 is 29.2 Å². The van der Waals surface area contributed by atoms with E-state index in [1.807, 2.05) is 12.2 Å². The summed E-state index contributed by atoms with van der Waals surface area (Å²) in [5, 5.41) is 5.23. The van der Waals surface area contributed by atoms with Crippen LogP contribution in [0, 0.1) is 11.7 Å². The van der Waals surface area contributed by atoms with Gasteiger partial charge in [0.15, 0.2) is 6.61 Å². The second kappa shape index (κ2) is 9.64. The number of allylic oxidation sites excluding steroid dienone is 2. The minimum absolute atomic E-state index is 0.168. The minimum Gasteiger partial charge on any atom is -0.456 e. The summed E-state index contributed by atoms with van der Waals surface area (Å²) < 4.78 is 18.0. The average Bonchev–Trinajstić information content (AvgIpc) is 3.21. The molecule has 2 aromatic rings. The first-order valence-corrected chi connectivity index (χ1v) is 9.29. The second-order valence-corrected chi connectivity index (χ2v) is 6.69. The van der Waals surface area contributed by atoms with E-state index in [0.29, 0.717) is 5.69 Å². The highest BCUT2D eigenvalue weighted by Gasteiger charge is 2.17. The Labute approximate surface area is 167 Å². The van der Waals surface area contributed by atoms with Gasteiger partial charge in [-0.25, -0.2) is 4.39 Å². The third kappa shape index (κ3) is 6.00. The molecular formula is C22H21FN2O4. The van der Waals surface area contributed by atoms with Crippen LogP contribution in [-0.2, 0) is 14.3 Å². The predicted octanol–water partition coefficient (Wildman–Crippen LogP) is 3.92. The molecule has 0 unspecified atom stereocenters. The summed E-state index contributed by atoms with van der Waals surface area (Å²) in [6, 6.07) is 11.8. The normalized spacial score (nSPS) is 15.0. The van der Waals surface area contributed by atoms with Crippen molar-refractivity contribution in [3.8, 4) is 0 Å². The average molecular weight is 396 g/mol. The number of hydrogen-bond donors (Lipinski definition) is 2. The van der Waals surface area contributed by atoms with Crippen LogP contribution in [0.15, 0.2) is 60.7 Å². The van der Waals surface area contributed by atoms with Crippen molar-refractivity contribution in [3.63, 3.8) is 0 Å². The van der Waals surface area contributed by atoms with E-state index in [2.05, 4.69) is 10.6 Å². The summed E-state index contributed by atoms with van der Waals surface area (Å²) in [4.78, 5) is 36.5. The lowest BCUT2D eigenvalue weighted by molar-refractivity contribution is -0.147. The zero-order valence-corrected chi connectivity index (χ0v) is 15.7. The number of benzene rings is 2. The van der Waals surface area contributed by atoms with Gasteiger partial charge >= 0.3 is 5.97 Å². The van der Waals surface area contributed by atoms with Crippen LogP contribution in [-0.4, -0.2) is 24.4 Å². The number of halogens is 1. The number of rotatable bonds is 7. The molecule has 0 bridgehead atoms. The number of hydrogen-bond acceptors (Lipinski definition) is 4. The van der Waals surface area contributed by atoms with Crippen LogP contribution in [0.4, 0.5) is 15.8 Å². The number of amides is 2. The number of carbonyl (C=O) groups excluding carboxylic acids is 3. The summed E-state index contributed by atoms with van der Waals surface area (Å²) >= 11 is 0. The topological polar surface area (TPSA) is 84.5 Å². The Kier molecular flexibility index (Phi) is 6.73. The lowest BCUT2D eigenvalue weighted by Gasteiger charge is -2.12. The van der Waals surface area contributed by atoms with E-state index < -0.39 is 30.2 Å². The smallest absolute Gasteiger partial charge is 0.306 e. The number of para-hydroxylation sites is 1. The molecule has 0 spiro atoms. The van der Waals surface area contributed by atoms with Gasteiger partial charge in [-0.1, -0.05) is 24.3 Å². The first-order valence-electron chi connectivity index (χ1n) is 9.29. The maximum absolute atomic E-state index is 13.0. The molecule has 3 rings (SSSR count). The largest absolute Gasteiger partial charge is 0.456 e. The molecule has 0 aliphatic heterocycles. The third-order valence-corrected chi connectivity index (χ3v) is 4.45. The number of carbonyl (C=O) groups is 3. The van der Waals surface area contributed by atoms with E-state index in [1.54, 1.807) is 24.3 Å². The third-order valence-electron chi connectivity index (χ3n) is 4.45. The van der Waals surface area contributed by atoms with Gasteiger partial charge < -0.3 is 15.4 Å². The number of ether oxygens (including phenoxy) is 1. The fraction of sp³-hybridized carbons (Fsp3) is 0.227. The zero-order chi connectivity index (χ0) is 20.6. The minimum atomic E-state index is -0.539. The molecule has 150 valence electrons. The van der Waals surface area contributed by atoms with Crippen molar-refractivity contribution in [2.24, 2.45) is 5.92 Å². The van der Waals surface area contributed by atoms with Gasteiger partial charge in [0.25, 0.3) is 11.8 Å². The Morgan fingerprint density at radius 2 is 1.79 bits per heavy atom. The Bertz CT molecular complexity index is 925. The molecule has 1 aliphatic rings. The van der Waals surface area contributed by atoms with Gasteiger partial charge in [0.1, 0.15) is 5.82 Å². The van der Waals surface area contributed by atoms with Gasteiger partial charge in [-0.3, -0.25) is 14.4 Å². The molecule has 6 nitrogen and oxygen atoms in total. The van der Waals surface area contributed by atoms with Crippen LogP contribution >= 0.6 is 0 Å². The SMILES string of the molecule is O=C(COC(=O)C[C@H]1C=CCC1)Nc1ccccc1C(=O)Nc1ccc(F)cc1. The molecule has 1 aliphatic carbocycles. The summed E-state index contributed by atoms with van der Waals surface area (Å²) in [5.74, 6) is -1.67. The Balaban J connectivity index is 1.55. The van der Waals surface area contributed by atoms with E-state index in [1.165, 1.54) is 24.3 Å². The molecule has 29 heavy (non-hydrogen) atoms. The Morgan fingerprint density at radius 3 is 2.52 bits per heavy atom. The highest BCUT2D eigenvalue weighted by Crippen LogP contribution is 2.21. The molecule has 0 aromatic heterocycles. The quantitative estimate of drug-likeness (QED) is 0.549. The van der Waals surface area contributed by atoms with Crippen molar-refractivity contribution in [3.05, 3.63) is 72.1 Å². The van der Waals surface area contributed by atoms with Crippen LogP contribution in [0.25, 0.3) is 0 Å². The van der Waals surface area contributed by atoms with Gasteiger partial charge in [-0.2, -0.15) is 0 Å². The number of anilines is 2. The van der Waals surface area contributed by atoms with Crippen LogP contribution < -0.4 is 10.6 Å². The molecule has 1 atom stereocenters. The molecule has 0 saturated heterocycles. The van der Waals surface area contributed by atoms with Gasteiger partial charge in [0.05, 0.1) is 17.7 Å². The first-order chi connectivity index (χ1) is 14.0. The molecule has 0 fully saturated rings. The van der Waals surface area contributed by atoms with E-state index >= 15 is 0 Å². The van der Waals surface area contributed by atoms with Crippen LogP contribution in [0.2, 0.25) is 0 Å². The van der Waals surface area contributed by atoms with Crippen molar-refractivity contribution in [2.75, 3.05) is 17.2 Å². The maximum atomic E-state index is 13.0. The number of esters is 1. The highest BCUT2D eigenvalue weighted by molar-refractivity contribution is 6.10. The van der Waals surface area contributed by atoms with E-state index in [4.69, 9.17) is 4.74 Å². The van der Waals surface area contributed by atoms with Crippen LogP contribution in [0.3, 0.4) is 0 Å². The molecule has 2 N–H and O–H groups in total. The number of nitrogens with one attached hydrogen (secondary N) is 2. The van der Waals surface area contributed by atoms with Gasteiger partial charge in [0, 0.05) is 5.69 Å². The van der Waals surface area contributed by atoms with Crippen LogP contribution in [0.1, 0.15) is 29.6 Å². The predicted molar refractivity (Wildman–Crippen MR) is 107 cm³/mol. The monoisotopic (exact) mass is 396 g/mol. The van der Waals surface area contributed by atoms with Crippen LogP contribution in [0.5, 0.6) is 0 Å². The summed E-state index contributed by atoms with van der Waals surface area (Å²) in [5.41, 5.74) is 0.937. The summed E-state index contributed by atoms with van der Waals surface area (Å²) in [6.45, 7) is -0.427. The molecule has 0 heterocycles. The summed E-state index contributed by atoms with van der Waals surface area (Å²) in [6.07, 6.45) is 6.13. The maximum Gasteiger partial charge on any atom is 0.306 e. The van der Waals surface area contributed by atoms with Crippen molar-refractivity contribution in [1.29, 1.82) is 0 Å². The standard InChI is InChI=1S/C22H21FN2O4/c23-16-9-11-17(12-10-16)24-22(28)18-7-3-4-8-19(18)25-20(26)14-29-21(27)13-15-5-1-2-6-15/h1,3-5,7-12,15H,2,6,13-14H2,(H,24,28)(H,25,26)/t15-/m0/s1. The molecule has 0 radical (unpaired) electrons. The van der Waals surface area contributed by atoms with Gasteiger partial charge in [-0.05, 0) is 55.2 Å². The van der Waals surface area contributed by atoms with E-state index in [-0.39, 0.29) is 23.6 Å². The second-order valence-electron chi connectivity index (χ2n) is 6.69. The molecule has 2 amide bonds. The Morgan fingerprint density at radius 1 is 1.03 bits per heavy atom. The van der Waals surface area contributed by atoms with Gasteiger partial charge in [0.2, 0.25) is 0 Å². The fourth-order valence-corrected chi connectivity index (χ4v) is 2.99. The summed E-state index contributed by atoms with van der Waals surface area (Å²) in [7, 11) is 0. The lowest BCUT2D eigenvalue weighted by atomic mass is 10.1. The lowest BCUT2D eigenvalue weighted by Crippen LogP contribution is -2.23. The first kappa shape index (κ1) is 20.3. The molecular weight excluding hydrogens is 375 g/mol. The fourth-order valence-electron chi connectivity index (χ4n) is 2.99. The van der Waals surface area contributed by atoms with Crippen molar-refractivity contribution in [1.82, 2.24) is 0 Å². The van der Waals surface area contributed by atoms with E-state index in [0.717, 1.165) is 12.8 Å².